The largest absolute Gasteiger partial charge is 0.493 e. The van der Waals surface area contributed by atoms with Crippen molar-refractivity contribution in [3.05, 3.63) is 22.7 Å². The van der Waals surface area contributed by atoms with Gasteiger partial charge in [0.2, 0.25) is 0 Å². The molecule has 0 saturated heterocycles. The maximum absolute atomic E-state index is 6.90. The van der Waals surface area contributed by atoms with E-state index in [1.54, 1.807) is 18.2 Å². The van der Waals surface area contributed by atoms with Crippen LogP contribution in [0.4, 0.5) is 5.69 Å². The molecule has 0 radical (unpaired) electrons. The number of anilines is 1. The lowest BCUT2D eigenvalue weighted by Crippen LogP contribution is -1.91. The van der Waals surface area contributed by atoms with Gasteiger partial charge in [0.05, 0.1) is 21.3 Å². The average molecular weight is 205 g/mol. The van der Waals surface area contributed by atoms with E-state index in [9.17, 15) is 0 Å². The van der Waals surface area contributed by atoms with Gasteiger partial charge in [0, 0.05) is 0 Å². The molecule has 0 amide bonds. The minimum atomic E-state index is -2.47. The molecule has 0 aromatic heterocycles. The Bertz CT molecular complexity index is 293. The van der Waals surface area contributed by atoms with Crippen LogP contribution in [0.1, 0.15) is 4.11 Å². The monoisotopic (exact) mass is 204 g/mol. The third-order valence-corrected chi connectivity index (χ3v) is 1.72. The highest BCUT2D eigenvalue weighted by Gasteiger charge is 2.00. The summed E-state index contributed by atoms with van der Waals surface area (Å²) in [4.78, 5) is 0. The maximum Gasteiger partial charge on any atom is 0.155 e. The predicted octanol–water partition coefficient (Wildman–Crippen LogP) is 2.04. The van der Waals surface area contributed by atoms with Crippen LogP contribution in [0.2, 0.25) is 0 Å². The van der Waals surface area contributed by atoms with Gasteiger partial charge in [-0.2, -0.15) is 0 Å². The highest BCUT2D eigenvalue weighted by Crippen LogP contribution is 2.29. The van der Waals surface area contributed by atoms with Crippen molar-refractivity contribution in [2.24, 2.45) is 0 Å². The van der Waals surface area contributed by atoms with Gasteiger partial charge in [-0.25, -0.2) is 0 Å². The second-order valence-electron chi connectivity index (χ2n) is 1.76. The zero-order chi connectivity index (χ0) is 10.1. The molecule has 3 heteroatoms. The molecule has 2 nitrogen and oxygen atoms in total. The van der Waals surface area contributed by atoms with Gasteiger partial charge < -0.3 is 10.5 Å². The maximum atomic E-state index is 6.90. The average Bonchev–Trinajstić information content (AvgIpc) is 1.95. The van der Waals surface area contributed by atoms with Crippen LogP contribution in [-0.4, -0.2) is 7.04 Å². The molecule has 10 heavy (non-hydrogen) atoms. The molecule has 0 aliphatic carbocycles. The summed E-state index contributed by atoms with van der Waals surface area (Å²) in [5, 5.41) is 0. The molecular formula is C7H8BrNO. The van der Waals surface area contributed by atoms with E-state index < -0.39 is 7.04 Å². The summed E-state index contributed by atoms with van der Waals surface area (Å²) in [5.74, 6) is 0.155. The summed E-state index contributed by atoms with van der Waals surface area (Å²) in [7, 11) is -2.47. The fraction of sp³-hybridized carbons (Fsp3) is 0.143. The molecule has 1 aromatic rings. The Morgan fingerprint density at radius 3 is 3.10 bits per heavy atom. The second-order valence-corrected chi connectivity index (χ2v) is 2.61. The van der Waals surface area contributed by atoms with Crippen molar-refractivity contribution >= 4 is 21.6 Å². The summed E-state index contributed by atoms with van der Waals surface area (Å²) in [6.07, 6.45) is 0. The lowest BCUT2D eigenvalue weighted by atomic mass is 10.3. The first-order valence-corrected chi connectivity index (χ1v) is 3.42. The van der Waals surface area contributed by atoms with Crippen LogP contribution in [-0.2, 0) is 0 Å². The van der Waals surface area contributed by atoms with Crippen LogP contribution in [0, 0.1) is 0 Å². The Balaban J connectivity index is 3.00. The van der Waals surface area contributed by atoms with Gasteiger partial charge in [-0.1, -0.05) is 6.07 Å². The Hall–Kier alpha value is -0.700. The molecule has 1 rings (SSSR count). The zero-order valence-corrected chi connectivity index (χ0v) is 6.68. The summed E-state index contributed by atoms with van der Waals surface area (Å²) in [5.41, 5.74) is 5.82. The number of rotatable bonds is 1. The molecule has 0 fully saturated rings. The number of para-hydroxylation sites is 1. The fourth-order valence-electron chi connectivity index (χ4n) is 0.633. The summed E-state index contributed by atoms with van der Waals surface area (Å²) in [6.45, 7) is 0. The van der Waals surface area contributed by atoms with Crippen LogP contribution in [0.25, 0.3) is 0 Å². The number of hydrogen-bond donors (Lipinski definition) is 1. The van der Waals surface area contributed by atoms with Crippen LogP contribution < -0.4 is 10.5 Å². The molecule has 0 unspecified atom stereocenters. The van der Waals surface area contributed by atoms with Gasteiger partial charge in [0.25, 0.3) is 0 Å². The quantitative estimate of drug-likeness (QED) is 0.712. The molecule has 0 aliphatic heterocycles. The fourth-order valence-corrected chi connectivity index (χ4v) is 1.10. The van der Waals surface area contributed by atoms with Crippen LogP contribution in [0.15, 0.2) is 22.7 Å². The summed E-state index contributed by atoms with van der Waals surface area (Å²) >= 11 is 3.14. The zero-order valence-electron chi connectivity index (χ0n) is 8.10. The number of halogens is 1. The van der Waals surface area contributed by atoms with Gasteiger partial charge in [0.1, 0.15) is 0 Å². The lowest BCUT2D eigenvalue weighted by molar-refractivity contribution is 0.414. The van der Waals surface area contributed by atoms with Gasteiger partial charge in [-0.15, -0.1) is 0 Å². The van der Waals surface area contributed by atoms with Gasteiger partial charge in [-0.05, 0) is 28.1 Å². The van der Waals surface area contributed by atoms with E-state index in [4.69, 9.17) is 14.6 Å². The molecule has 0 bridgehead atoms. The van der Waals surface area contributed by atoms with E-state index in [1.165, 1.54) is 0 Å². The van der Waals surface area contributed by atoms with E-state index in [0.29, 0.717) is 10.2 Å². The predicted molar refractivity (Wildman–Crippen MR) is 45.1 cm³/mol. The second kappa shape index (κ2) is 2.92. The highest BCUT2D eigenvalue weighted by molar-refractivity contribution is 9.10. The van der Waals surface area contributed by atoms with Crippen LogP contribution in [0.3, 0.4) is 0 Å². The first-order chi connectivity index (χ1) is 5.90. The van der Waals surface area contributed by atoms with Crippen molar-refractivity contribution in [2.75, 3.05) is 12.8 Å². The molecule has 1 aromatic carbocycles. The normalized spacial score (nSPS) is 15.1. The van der Waals surface area contributed by atoms with Gasteiger partial charge in [0.15, 0.2) is 5.75 Å². The third-order valence-electron chi connectivity index (χ3n) is 1.10. The molecule has 54 valence electrons. The molecule has 2 N–H and O–H groups in total. The Morgan fingerprint density at radius 2 is 2.50 bits per heavy atom. The summed E-state index contributed by atoms with van der Waals surface area (Å²) < 4.78 is 25.9. The van der Waals surface area contributed by atoms with Crippen molar-refractivity contribution < 1.29 is 8.85 Å². The minimum Gasteiger partial charge on any atom is -0.493 e. The van der Waals surface area contributed by atoms with Crippen LogP contribution >= 0.6 is 15.9 Å². The molecule has 0 saturated carbocycles. The number of benzene rings is 1. The topological polar surface area (TPSA) is 35.2 Å². The number of methoxy groups -OCH3 is 1. The van der Waals surface area contributed by atoms with E-state index in [-0.39, 0.29) is 5.75 Å². The smallest absolute Gasteiger partial charge is 0.155 e. The Labute approximate surface area is 72.3 Å². The van der Waals surface area contributed by atoms with E-state index in [0.717, 1.165) is 0 Å². The molecule has 0 spiro atoms. The number of ether oxygens (including phenoxy) is 1. The minimum absolute atomic E-state index is 0.155. The van der Waals surface area contributed by atoms with Crippen molar-refractivity contribution in [1.29, 1.82) is 0 Å². The van der Waals surface area contributed by atoms with E-state index in [2.05, 4.69) is 15.9 Å². The summed E-state index contributed by atoms with van der Waals surface area (Å²) in [6, 6.07) is 4.94. The van der Waals surface area contributed by atoms with Crippen LogP contribution in [0.5, 0.6) is 5.75 Å². The van der Waals surface area contributed by atoms with Crippen molar-refractivity contribution in [1.82, 2.24) is 0 Å². The molecule has 0 aliphatic rings. The first-order valence-electron chi connectivity index (χ1n) is 4.13. The standard InChI is InChI=1S/C7H8BrNO/c1-10-7-5(8)3-2-4-6(7)9/h2-4H,9H2,1H3/i1D3. The van der Waals surface area contributed by atoms with E-state index in [1.807, 2.05) is 0 Å². The highest BCUT2D eigenvalue weighted by atomic mass is 79.9. The lowest BCUT2D eigenvalue weighted by Gasteiger charge is -2.04. The van der Waals surface area contributed by atoms with Gasteiger partial charge in [-0.3, -0.25) is 0 Å². The Kier molecular flexibility index (Phi) is 1.24. The third kappa shape index (κ3) is 1.24. The molecule has 0 heterocycles. The first kappa shape index (κ1) is 4.23. The number of nitrogens with two attached hydrogens (primary N) is 1. The van der Waals surface area contributed by atoms with Crippen molar-refractivity contribution in [2.45, 2.75) is 0 Å². The van der Waals surface area contributed by atoms with Crippen molar-refractivity contribution in [3.8, 4) is 5.75 Å². The number of hydrogen-bond acceptors (Lipinski definition) is 2. The molecular weight excluding hydrogens is 194 g/mol. The Morgan fingerprint density at radius 1 is 1.70 bits per heavy atom. The number of nitrogen functional groups attached to an aromatic ring is 1. The van der Waals surface area contributed by atoms with E-state index >= 15 is 0 Å². The molecule has 0 atom stereocenters. The van der Waals surface area contributed by atoms with Crippen molar-refractivity contribution in [3.63, 3.8) is 0 Å². The van der Waals surface area contributed by atoms with Gasteiger partial charge >= 0.3 is 0 Å². The SMILES string of the molecule is [2H]C([2H])([2H])Oc1c(N)cccc1Br.